The number of nitrogens with two attached hydrogens (primary N) is 1. The minimum absolute atomic E-state index is 0.660. The first-order chi connectivity index (χ1) is 13.7. The Hall–Kier alpha value is -3.18. The van der Waals surface area contributed by atoms with Crippen molar-refractivity contribution in [3.63, 3.8) is 0 Å². The average molecular weight is 370 g/mol. The number of nitrogen functional groups attached to an aromatic ring is 1. The van der Waals surface area contributed by atoms with Gasteiger partial charge in [-0.25, -0.2) is 9.97 Å². The van der Waals surface area contributed by atoms with Crippen molar-refractivity contribution in [2.24, 2.45) is 0 Å². The Bertz CT molecular complexity index is 1040. The minimum atomic E-state index is 0.660. The summed E-state index contributed by atoms with van der Waals surface area (Å²) in [6.07, 6.45) is 5.17. The van der Waals surface area contributed by atoms with Gasteiger partial charge >= 0.3 is 0 Å². The van der Waals surface area contributed by atoms with Crippen LogP contribution in [0.15, 0.2) is 60.3 Å². The molecule has 0 amide bonds. The monoisotopic (exact) mass is 370 g/mol. The van der Waals surface area contributed by atoms with Crippen molar-refractivity contribution < 1.29 is 4.74 Å². The van der Waals surface area contributed by atoms with Crippen LogP contribution in [0.4, 0.5) is 5.69 Å². The number of para-hydroxylation sites is 1. The molecule has 0 spiro atoms. The molecule has 1 aromatic heterocycles. The van der Waals surface area contributed by atoms with Crippen LogP contribution in [-0.4, -0.2) is 34.6 Å². The Morgan fingerprint density at radius 3 is 2.82 bits per heavy atom. The van der Waals surface area contributed by atoms with E-state index >= 15 is 0 Å². The highest BCUT2D eigenvalue weighted by Gasteiger charge is 2.21. The first kappa shape index (κ1) is 17.0. The van der Waals surface area contributed by atoms with Gasteiger partial charge in [-0.05, 0) is 42.0 Å². The third-order valence-corrected chi connectivity index (χ3v) is 5.30. The standard InChI is InChI=1S/C23H22N4O/c24-20-7-5-17(6-8-20)23-25-12-19-14-27(10-9-21(19)26-23)13-16-11-18-3-1-2-4-22(18)28-15-16/h1-8,11-12H,9-10,13-15,24H2. The third kappa shape index (κ3) is 3.37. The fourth-order valence-electron chi connectivity index (χ4n) is 3.82. The second-order valence-electron chi connectivity index (χ2n) is 7.38. The molecule has 0 radical (unpaired) electrons. The maximum atomic E-state index is 5.89. The van der Waals surface area contributed by atoms with Crippen molar-refractivity contribution >= 4 is 11.8 Å². The summed E-state index contributed by atoms with van der Waals surface area (Å²) in [4.78, 5) is 11.8. The maximum Gasteiger partial charge on any atom is 0.159 e. The lowest BCUT2D eigenvalue weighted by Crippen LogP contribution is -2.34. The van der Waals surface area contributed by atoms with Crippen LogP contribution in [0.1, 0.15) is 16.8 Å². The number of anilines is 1. The van der Waals surface area contributed by atoms with Crippen molar-refractivity contribution in [2.75, 3.05) is 25.4 Å². The molecule has 0 aliphatic carbocycles. The molecular formula is C23H22N4O. The van der Waals surface area contributed by atoms with Crippen LogP contribution in [0.2, 0.25) is 0 Å². The van der Waals surface area contributed by atoms with Gasteiger partial charge < -0.3 is 10.5 Å². The van der Waals surface area contributed by atoms with Crippen molar-refractivity contribution in [1.82, 2.24) is 14.9 Å². The van der Waals surface area contributed by atoms with Crippen LogP contribution in [0.3, 0.4) is 0 Å². The Morgan fingerprint density at radius 2 is 1.93 bits per heavy atom. The topological polar surface area (TPSA) is 64.3 Å². The summed E-state index contributed by atoms with van der Waals surface area (Å²) in [5.41, 5.74) is 12.4. The summed E-state index contributed by atoms with van der Waals surface area (Å²) in [5, 5.41) is 0. The number of aromatic nitrogens is 2. The van der Waals surface area contributed by atoms with E-state index in [1.165, 1.54) is 11.1 Å². The molecule has 2 N–H and O–H groups in total. The Kier molecular flexibility index (Phi) is 4.29. The number of hydrogen-bond acceptors (Lipinski definition) is 5. The Morgan fingerprint density at radius 1 is 1.07 bits per heavy atom. The summed E-state index contributed by atoms with van der Waals surface area (Å²) >= 11 is 0. The summed E-state index contributed by atoms with van der Waals surface area (Å²) in [5.74, 6) is 1.74. The summed E-state index contributed by atoms with van der Waals surface area (Å²) < 4.78 is 5.89. The van der Waals surface area contributed by atoms with Crippen LogP contribution in [0, 0.1) is 0 Å². The molecular weight excluding hydrogens is 348 g/mol. The van der Waals surface area contributed by atoms with E-state index < -0.39 is 0 Å². The Balaban J connectivity index is 1.31. The van der Waals surface area contributed by atoms with Gasteiger partial charge in [-0.2, -0.15) is 0 Å². The van der Waals surface area contributed by atoms with Crippen molar-refractivity contribution in [1.29, 1.82) is 0 Å². The molecule has 0 bridgehead atoms. The first-order valence-corrected chi connectivity index (χ1v) is 9.59. The third-order valence-electron chi connectivity index (χ3n) is 5.30. The number of ether oxygens (including phenoxy) is 1. The summed E-state index contributed by atoms with van der Waals surface area (Å²) in [6, 6.07) is 15.9. The van der Waals surface area contributed by atoms with Crippen LogP contribution in [0.5, 0.6) is 5.75 Å². The number of benzene rings is 2. The predicted molar refractivity (Wildman–Crippen MR) is 111 cm³/mol. The van der Waals surface area contributed by atoms with Gasteiger partial charge in [0.25, 0.3) is 0 Å². The molecule has 3 heterocycles. The molecule has 5 rings (SSSR count). The lowest BCUT2D eigenvalue weighted by atomic mass is 10.0. The number of nitrogens with zero attached hydrogens (tertiary/aromatic N) is 3. The van der Waals surface area contributed by atoms with E-state index in [9.17, 15) is 0 Å². The highest BCUT2D eigenvalue weighted by Crippen LogP contribution is 2.27. The van der Waals surface area contributed by atoms with Crippen LogP contribution in [0.25, 0.3) is 17.5 Å². The zero-order valence-electron chi connectivity index (χ0n) is 15.6. The molecule has 2 aliphatic heterocycles. The molecule has 140 valence electrons. The predicted octanol–water partition coefficient (Wildman–Crippen LogP) is 3.56. The van der Waals surface area contributed by atoms with Crippen molar-refractivity contribution in [3.8, 4) is 17.1 Å². The quantitative estimate of drug-likeness (QED) is 0.714. The van der Waals surface area contributed by atoms with Crippen LogP contribution < -0.4 is 10.5 Å². The average Bonchev–Trinajstić information content (AvgIpc) is 2.74. The molecule has 28 heavy (non-hydrogen) atoms. The zero-order valence-corrected chi connectivity index (χ0v) is 15.6. The second-order valence-corrected chi connectivity index (χ2v) is 7.38. The smallest absolute Gasteiger partial charge is 0.159 e. The molecule has 0 unspecified atom stereocenters. The van der Waals surface area contributed by atoms with Crippen molar-refractivity contribution in [3.05, 3.63) is 77.1 Å². The highest BCUT2D eigenvalue weighted by atomic mass is 16.5. The number of fused-ring (bicyclic) bond motifs is 2. The van der Waals surface area contributed by atoms with E-state index in [0.717, 1.165) is 60.1 Å². The van der Waals surface area contributed by atoms with Crippen LogP contribution >= 0.6 is 0 Å². The van der Waals surface area contributed by atoms with E-state index in [0.29, 0.717) is 6.61 Å². The van der Waals surface area contributed by atoms with Gasteiger partial charge in [-0.3, -0.25) is 4.90 Å². The van der Waals surface area contributed by atoms with E-state index in [-0.39, 0.29) is 0 Å². The van der Waals surface area contributed by atoms with E-state index in [2.05, 4.69) is 28.1 Å². The number of hydrogen-bond donors (Lipinski definition) is 1. The SMILES string of the molecule is Nc1ccc(-c2ncc3c(n2)CCN(CC2=Cc4ccccc4OC2)C3)cc1. The molecule has 0 atom stereocenters. The molecule has 0 saturated heterocycles. The zero-order chi connectivity index (χ0) is 18.9. The second kappa shape index (κ2) is 7.09. The first-order valence-electron chi connectivity index (χ1n) is 9.59. The van der Waals surface area contributed by atoms with Gasteiger partial charge in [0.2, 0.25) is 0 Å². The van der Waals surface area contributed by atoms with Gasteiger partial charge in [-0.15, -0.1) is 0 Å². The lowest BCUT2D eigenvalue weighted by Gasteiger charge is -2.30. The van der Waals surface area contributed by atoms with Gasteiger partial charge in [0, 0.05) is 54.6 Å². The van der Waals surface area contributed by atoms with E-state index in [4.69, 9.17) is 15.5 Å². The molecule has 5 heteroatoms. The fourth-order valence-corrected chi connectivity index (χ4v) is 3.82. The van der Waals surface area contributed by atoms with Gasteiger partial charge in [-0.1, -0.05) is 18.2 Å². The molecule has 0 saturated carbocycles. The molecule has 3 aromatic rings. The lowest BCUT2D eigenvalue weighted by molar-refractivity contribution is 0.255. The summed E-state index contributed by atoms with van der Waals surface area (Å²) in [6.45, 7) is 3.43. The largest absolute Gasteiger partial charge is 0.489 e. The van der Waals surface area contributed by atoms with Gasteiger partial charge in [0.15, 0.2) is 5.82 Å². The Labute approximate surface area is 164 Å². The molecule has 2 aromatic carbocycles. The van der Waals surface area contributed by atoms with Gasteiger partial charge in [0.05, 0.1) is 5.69 Å². The summed E-state index contributed by atoms with van der Waals surface area (Å²) in [7, 11) is 0. The molecule has 5 nitrogen and oxygen atoms in total. The fraction of sp³-hybridized carbons (Fsp3) is 0.217. The maximum absolute atomic E-state index is 5.89. The van der Waals surface area contributed by atoms with E-state index in [1.807, 2.05) is 42.6 Å². The molecule has 2 aliphatic rings. The molecule has 0 fully saturated rings. The minimum Gasteiger partial charge on any atom is -0.489 e. The highest BCUT2D eigenvalue weighted by molar-refractivity contribution is 5.62. The van der Waals surface area contributed by atoms with Crippen molar-refractivity contribution in [2.45, 2.75) is 13.0 Å². The normalized spacial score (nSPS) is 15.9. The van der Waals surface area contributed by atoms with Crippen LogP contribution in [-0.2, 0) is 13.0 Å². The van der Waals surface area contributed by atoms with Gasteiger partial charge in [0.1, 0.15) is 12.4 Å². The number of rotatable bonds is 3. The van der Waals surface area contributed by atoms with E-state index in [1.54, 1.807) is 0 Å².